The lowest BCUT2D eigenvalue weighted by Gasteiger charge is -2.11. The molecular weight excluding hydrogens is 399 g/mol. The van der Waals surface area contributed by atoms with Crippen LogP contribution in [0.3, 0.4) is 0 Å². The quantitative estimate of drug-likeness (QED) is 0.585. The average molecular weight is 415 g/mol. The fourth-order valence-corrected chi connectivity index (χ4v) is 2.78. The molecule has 0 amide bonds. The Bertz CT molecular complexity index is 924. The number of benzene rings is 2. The Balaban J connectivity index is 1.91. The Kier molecular flexibility index (Phi) is 4.52. The van der Waals surface area contributed by atoms with Crippen LogP contribution in [-0.4, -0.2) is 14.1 Å². The van der Waals surface area contributed by atoms with Crippen LogP contribution in [0.25, 0.3) is 23.1 Å². The SMILES string of the molecule is CN(C)c1ccc(/C=C/c2cc(=O)c3cc([125I])ccc3o2)cc1. The Hall–Kier alpha value is -2.08. The van der Waals surface area contributed by atoms with Crippen molar-refractivity contribution in [1.82, 2.24) is 0 Å². The predicted molar refractivity (Wildman–Crippen MR) is 105 cm³/mol. The van der Waals surface area contributed by atoms with Gasteiger partial charge in [0, 0.05) is 29.4 Å². The first-order valence-corrected chi connectivity index (χ1v) is 8.30. The van der Waals surface area contributed by atoms with Crippen molar-refractivity contribution in [3.8, 4) is 0 Å². The third-order valence-corrected chi connectivity index (χ3v) is 4.23. The van der Waals surface area contributed by atoms with Gasteiger partial charge in [-0.05, 0) is 64.6 Å². The molecule has 1 heterocycles. The van der Waals surface area contributed by atoms with E-state index in [4.69, 9.17) is 4.42 Å². The third kappa shape index (κ3) is 3.64. The summed E-state index contributed by atoms with van der Waals surface area (Å²) in [5.41, 5.74) is 2.79. The molecule has 0 aliphatic heterocycles. The van der Waals surface area contributed by atoms with E-state index in [0.29, 0.717) is 16.7 Å². The fourth-order valence-electron chi connectivity index (χ4n) is 2.29. The van der Waals surface area contributed by atoms with Crippen LogP contribution in [0.4, 0.5) is 5.69 Å². The molecule has 4 heteroatoms. The Labute approximate surface area is 148 Å². The normalized spacial score (nSPS) is 11.3. The van der Waals surface area contributed by atoms with Crippen molar-refractivity contribution >= 4 is 51.4 Å². The molecule has 0 atom stereocenters. The fraction of sp³-hybridized carbons (Fsp3) is 0.105. The van der Waals surface area contributed by atoms with Gasteiger partial charge in [0.15, 0.2) is 5.43 Å². The first-order chi connectivity index (χ1) is 11.0. The van der Waals surface area contributed by atoms with Crippen LogP contribution < -0.4 is 10.3 Å². The van der Waals surface area contributed by atoms with E-state index >= 15 is 0 Å². The minimum atomic E-state index is -0.0210. The Morgan fingerprint density at radius 1 is 1.00 bits per heavy atom. The molecule has 23 heavy (non-hydrogen) atoms. The second kappa shape index (κ2) is 6.58. The summed E-state index contributed by atoms with van der Waals surface area (Å²) in [5, 5.41) is 0.615. The molecular formula is C19H16INO2. The zero-order chi connectivity index (χ0) is 16.4. The predicted octanol–water partition coefficient (Wildman–Crippen LogP) is 4.63. The maximum atomic E-state index is 12.2. The van der Waals surface area contributed by atoms with Gasteiger partial charge in [-0.15, -0.1) is 0 Å². The topological polar surface area (TPSA) is 33.5 Å². The second-order valence-electron chi connectivity index (χ2n) is 5.47. The van der Waals surface area contributed by atoms with E-state index < -0.39 is 0 Å². The van der Waals surface area contributed by atoms with Gasteiger partial charge < -0.3 is 9.32 Å². The lowest BCUT2D eigenvalue weighted by atomic mass is 10.1. The minimum absolute atomic E-state index is 0.0210. The monoisotopic (exact) mass is 415 g/mol. The summed E-state index contributed by atoms with van der Waals surface area (Å²) in [6, 6.07) is 15.3. The summed E-state index contributed by atoms with van der Waals surface area (Å²) in [6.45, 7) is 0. The van der Waals surface area contributed by atoms with Crippen LogP contribution in [0.15, 0.2) is 57.7 Å². The van der Waals surface area contributed by atoms with Crippen molar-refractivity contribution in [1.29, 1.82) is 0 Å². The van der Waals surface area contributed by atoms with Crippen molar-refractivity contribution in [2.75, 3.05) is 19.0 Å². The maximum absolute atomic E-state index is 12.2. The number of hydrogen-bond acceptors (Lipinski definition) is 3. The number of hydrogen-bond donors (Lipinski definition) is 0. The highest BCUT2D eigenvalue weighted by atomic mass is 125. The molecule has 0 aliphatic carbocycles. The molecule has 1 aromatic heterocycles. The highest BCUT2D eigenvalue weighted by molar-refractivity contribution is 14.1. The molecule has 0 bridgehead atoms. The van der Waals surface area contributed by atoms with E-state index in [1.807, 2.05) is 56.6 Å². The molecule has 0 N–H and O–H groups in total. The van der Waals surface area contributed by atoms with Crippen molar-refractivity contribution in [2.45, 2.75) is 0 Å². The smallest absolute Gasteiger partial charge is 0.193 e. The van der Waals surface area contributed by atoms with Crippen LogP contribution >= 0.6 is 22.6 Å². The molecule has 0 saturated heterocycles. The van der Waals surface area contributed by atoms with E-state index in [-0.39, 0.29) is 5.43 Å². The van der Waals surface area contributed by atoms with Gasteiger partial charge in [-0.3, -0.25) is 4.79 Å². The van der Waals surface area contributed by atoms with Crippen LogP contribution in [0.5, 0.6) is 0 Å². The average Bonchev–Trinajstić information content (AvgIpc) is 2.54. The van der Waals surface area contributed by atoms with Crippen molar-refractivity contribution < 1.29 is 4.42 Å². The van der Waals surface area contributed by atoms with Crippen LogP contribution in [0.2, 0.25) is 0 Å². The third-order valence-electron chi connectivity index (χ3n) is 3.56. The van der Waals surface area contributed by atoms with Crippen LogP contribution in [-0.2, 0) is 0 Å². The van der Waals surface area contributed by atoms with Crippen LogP contribution in [0, 0.1) is 3.57 Å². The molecule has 0 aliphatic rings. The zero-order valence-electron chi connectivity index (χ0n) is 12.9. The Morgan fingerprint density at radius 2 is 1.74 bits per heavy atom. The van der Waals surface area contributed by atoms with Gasteiger partial charge in [0.25, 0.3) is 0 Å². The van der Waals surface area contributed by atoms with Gasteiger partial charge in [-0.1, -0.05) is 18.2 Å². The first kappa shape index (κ1) is 15.8. The molecule has 0 fully saturated rings. The molecule has 0 radical (unpaired) electrons. The summed E-state index contributed by atoms with van der Waals surface area (Å²) in [5.74, 6) is 0.556. The van der Waals surface area contributed by atoms with E-state index in [1.165, 1.54) is 6.07 Å². The number of fused-ring (bicyclic) bond motifs is 1. The molecule has 3 nitrogen and oxygen atoms in total. The molecule has 0 spiro atoms. The summed E-state index contributed by atoms with van der Waals surface area (Å²) in [4.78, 5) is 14.2. The summed E-state index contributed by atoms with van der Waals surface area (Å²) in [7, 11) is 4.02. The lowest BCUT2D eigenvalue weighted by Crippen LogP contribution is -2.07. The number of nitrogens with zero attached hydrogens (tertiary/aromatic N) is 1. The molecule has 0 saturated carbocycles. The number of anilines is 1. The van der Waals surface area contributed by atoms with E-state index in [1.54, 1.807) is 0 Å². The summed E-state index contributed by atoms with van der Waals surface area (Å²) >= 11 is 2.19. The van der Waals surface area contributed by atoms with Crippen molar-refractivity contribution in [3.63, 3.8) is 0 Å². The Morgan fingerprint density at radius 3 is 2.43 bits per heavy atom. The van der Waals surface area contributed by atoms with E-state index in [0.717, 1.165) is 14.8 Å². The molecule has 3 rings (SSSR count). The largest absolute Gasteiger partial charge is 0.456 e. The summed E-state index contributed by atoms with van der Waals surface area (Å²) < 4.78 is 6.80. The lowest BCUT2D eigenvalue weighted by molar-refractivity contribution is 0.591. The highest BCUT2D eigenvalue weighted by Gasteiger charge is 2.03. The maximum Gasteiger partial charge on any atom is 0.193 e. The standard InChI is InChI=1S/C19H16INO2/c1-21(2)15-7-3-13(4-8-15)5-9-16-12-18(22)17-11-14(20)6-10-19(17)23-16/h3-12H,1-2H3/b9-5+/i20-2. The molecule has 2 aromatic carbocycles. The molecule has 116 valence electrons. The number of rotatable bonds is 3. The molecule has 3 aromatic rings. The minimum Gasteiger partial charge on any atom is -0.456 e. The van der Waals surface area contributed by atoms with Gasteiger partial charge in [0.2, 0.25) is 0 Å². The van der Waals surface area contributed by atoms with Gasteiger partial charge in [-0.2, -0.15) is 0 Å². The summed E-state index contributed by atoms with van der Waals surface area (Å²) in [6.07, 6.45) is 3.76. The second-order valence-corrected chi connectivity index (χ2v) is 6.72. The van der Waals surface area contributed by atoms with E-state index in [9.17, 15) is 4.79 Å². The van der Waals surface area contributed by atoms with Gasteiger partial charge >= 0.3 is 0 Å². The van der Waals surface area contributed by atoms with E-state index in [2.05, 4.69) is 39.6 Å². The van der Waals surface area contributed by atoms with Crippen molar-refractivity contribution in [3.05, 3.63) is 73.6 Å². The van der Waals surface area contributed by atoms with Gasteiger partial charge in [-0.25, -0.2) is 0 Å². The van der Waals surface area contributed by atoms with Gasteiger partial charge in [0.05, 0.1) is 5.39 Å². The first-order valence-electron chi connectivity index (χ1n) is 7.22. The van der Waals surface area contributed by atoms with Crippen molar-refractivity contribution in [2.24, 2.45) is 0 Å². The van der Waals surface area contributed by atoms with Crippen LogP contribution in [0.1, 0.15) is 11.3 Å². The molecule has 0 unspecified atom stereocenters. The van der Waals surface area contributed by atoms with Gasteiger partial charge in [0.1, 0.15) is 11.3 Å². The zero-order valence-corrected chi connectivity index (χ0v) is 15.1. The highest BCUT2D eigenvalue weighted by Crippen LogP contribution is 2.18. The number of halogens is 1.